The van der Waals surface area contributed by atoms with Crippen molar-refractivity contribution in [1.82, 2.24) is 10.6 Å². The number of ether oxygens (including phenoxy) is 1. The summed E-state index contributed by atoms with van der Waals surface area (Å²) in [5.41, 5.74) is 4.77. The summed E-state index contributed by atoms with van der Waals surface area (Å²) in [4.78, 5) is 35.2. The van der Waals surface area contributed by atoms with Gasteiger partial charge in [-0.25, -0.2) is 9.59 Å². The second-order valence-corrected chi connectivity index (χ2v) is 8.66. The second kappa shape index (κ2) is 12.8. The molecule has 0 radical (unpaired) electrons. The van der Waals surface area contributed by atoms with Crippen LogP contribution in [0.2, 0.25) is 0 Å². The lowest BCUT2D eigenvalue weighted by Crippen LogP contribution is -2.40. The van der Waals surface area contributed by atoms with E-state index >= 15 is 0 Å². The fourth-order valence-electron chi connectivity index (χ4n) is 4.42. The predicted octanol–water partition coefficient (Wildman–Crippen LogP) is 4.85. The summed E-state index contributed by atoms with van der Waals surface area (Å²) in [6.45, 7) is 2.70. The van der Waals surface area contributed by atoms with Crippen molar-refractivity contribution in [1.29, 1.82) is 0 Å². The Balaban J connectivity index is 1.30. The highest BCUT2D eigenvalue weighted by Crippen LogP contribution is 2.44. The van der Waals surface area contributed by atoms with Gasteiger partial charge in [-0.1, -0.05) is 74.7 Å². The lowest BCUT2D eigenvalue weighted by atomic mass is 9.98. The van der Waals surface area contributed by atoms with Crippen molar-refractivity contribution in [2.75, 3.05) is 13.2 Å². The normalized spacial score (nSPS) is 13.0. The summed E-state index contributed by atoms with van der Waals surface area (Å²) in [7, 11) is 0. The van der Waals surface area contributed by atoms with E-state index in [-0.39, 0.29) is 11.8 Å². The fraction of sp³-hybridized carbons (Fsp3) is 0.444. The molecule has 3 N–H and O–H groups in total. The van der Waals surface area contributed by atoms with Crippen LogP contribution in [0.3, 0.4) is 0 Å². The molecule has 0 saturated heterocycles. The third-order valence-corrected chi connectivity index (χ3v) is 6.15. The van der Waals surface area contributed by atoms with Crippen molar-refractivity contribution in [2.45, 2.75) is 63.8 Å². The molecule has 1 aliphatic carbocycles. The van der Waals surface area contributed by atoms with Crippen molar-refractivity contribution in [3.63, 3.8) is 0 Å². The van der Waals surface area contributed by atoms with E-state index in [0.29, 0.717) is 38.8 Å². The number of fused-ring (bicyclic) bond motifs is 3. The fourth-order valence-corrected chi connectivity index (χ4v) is 4.42. The molecule has 2 aromatic rings. The van der Waals surface area contributed by atoms with Crippen LogP contribution in [0.1, 0.15) is 68.9 Å². The van der Waals surface area contributed by atoms with E-state index < -0.39 is 18.1 Å². The minimum atomic E-state index is -0.991. The number of carbonyl (C=O) groups excluding carboxylic acids is 2. The first-order valence-corrected chi connectivity index (χ1v) is 12.1. The topological polar surface area (TPSA) is 105 Å². The molecule has 0 spiro atoms. The van der Waals surface area contributed by atoms with E-state index in [2.05, 4.69) is 34.9 Å². The number of carboxylic acid groups (broad SMARTS) is 1. The first-order valence-electron chi connectivity index (χ1n) is 12.1. The maximum atomic E-state index is 12.2. The Morgan fingerprint density at radius 3 is 2.18 bits per heavy atom. The van der Waals surface area contributed by atoms with Gasteiger partial charge in [0.15, 0.2) is 0 Å². The molecule has 2 amide bonds. The van der Waals surface area contributed by atoms with E-state index in [1.54, 1.807) is 0 Å². The van der Waals surface area contributed by atoms with Gasteiger partial charge in [0.05, 0.1) is 0 Å². The molecule has 3 rings (SSSR count). The Kier molecular flexibility index (Phi) is 9.50. The standard InChI is InChI=1S/C27H34N2O5/c1-2-11-24(26(31)32)29-25(30)16-5-3-4-10-17-28-27(33)34-18-23-21-14-8-6-12-19(21)20-13-7-9-15-22(20)23/h6-9,12-15,23-24H,2-5,10-11,16-18H2,1H3,(H,28,33)(H,29,30)(H,31,32)/t24-/m0/s1. The average molecular weight is 467 g/mol. The third kappa shape index (κ3) is 6.83. The molecule has 0 aromatic heterocycles. The number of alkyl carbamates (subject to hydrolysis) is 1. The van der Waals surface area contributed by atoms with Crippen molar-refractivity contribution >= 4 is 18.0 Å². The van der Waals surface area contributed by atoms with Gasteiger partial charge >= 0.3 is 12.1 Å². The molecule has 7 heteroatoms. The van der Waals surface area contributed by atoms with E-state index in [4.69, 9.17) is 9.84 Å². The Labute approximate surface area is 200 Å². The number of unbranched alkanes of at least 4 members (excludes halogenated alkanes) is 3. The molecule has 1 atom stereocenters. The van der Waals surface area contributed by atoms with Gasteiger partial charge in [0, 0.05) is 18.9 Å². The molecule has 0 heterocycles. The number of carboxylic acids is 1. The van der Waals surface area contributed by atoms with Crippen molar-refractivity contribution in [3.05, 3.63) is 59.7 Å². The molecule has 34 heavy (non-hydrogen) atoms. The number of amides is 2. The lowest BCUT2D eigenvalue weighted by molar-refractivity contribution is -0.142. The minimum absolute atomic E-state index is 0.0438. The molecule has 0 bridgehead atoms. The minimum Gasteiger partial charge on any atom is -0.480 e. The molecule has 2 aromatic carbocycles. The summed E-state index contributed by atoms with van der Waals surface area (Å²) in [5.74, 6) is -1.17. The number of carbonyl (C=O) groups is 3. The van der Waals surface area contributed by atoms with Crippen LogP contribution in [0.5, 0.6) is 0 Å². The smallest absolute Gasteiger partial charge is 0.407 e. The molecule has 0 unspecified atom stereocenters. The van der Waals surface area contributed by atoms with Gasteiger partial charge in [0.1, 0.15) is 12.6 Å². The maximum absolute atomic E-state index is 12.2. The van der Waals surface area contributed by atoms with Crippen molar-refractivity contribution in [2.24, 2.45) is 0 Å². The largest absolute Gasteiger partial charge is 0.480 e. The number of aliphatic carboxylic acids is 1. The number of rotatable bonds is 13. The van der Waals surface area contributed by atoms with Gasteiger partial charge in [-0.2, -0.15) is 0 Å². The van der Waals surface area contributed by atoms with Crippen LogP contribution < -0.4 is 10.6 Å². The summed E-state index contributed by atoms with van der Waals surface area (Å²) in [6.07, 6.45) is 4.22. The zero-order valence-electron chi connectivity index (χ0n) is 19.7. The lowest BCUT2D eigenvalue weighted by Gasteiger charge is -2.14. The maximum Gasteiger partial charge on any atom is 0.407 e. The Morgan fingerprint density at radius 2 is 1.56 bits per heavy atom. The predicted molar refractivity (Wildman–Crippen MR) is 131 cm³/mol. The highest BCUT2D eigenvalue weighted by molar-refractivity contribution is 5.83. The van der Waals surface area contributed by atoms with E-state index in [1.165, 1.54) is 22.3 Å². The van der Waals surface area contributed by atoms with Gasteiger partial charge in [0.25, 0.3) is 0 Å². The number of hydrogen-bond donors (Lipinski definition) is 3. The molecular formula is C27H34N2O5. The number of hydrogen-bond acceptors (Lipinski definition) is 4. The van der Waals surface area contributed by atoms with Crippen LogP contribution in [0.15, 0.2) is 48.5 Å². The highest BCUT2D eigenvalue weighted by Gasteiger charge is 2.28. The average Bonchev–Trinajstić information content (AvgIpc) is 3.15. The molecule has 0 fully saturated rings. The monoisotopic (exact) mass is 466 g/mol. The molecule has 182 valence electrons. The number of benzene rings is 2. The van der Waals surface area contributed by atoms with Crippen LogP contribution >= 0.6 is 0 Å². The van der Waals surface area contributed by atoms with Crippen molar-refractivity contribution < 1.29 is 24.2 Å². The van der Waals surface area contributed by atoms with Crippen LogP contribution in [-0.2, 0) is 14.3 Å². The van der Waals surface area contributed by atoms with E-state index in [1.807, 2.05) is 31.2 Å². The Hall–Kier alpha value is -3.35. The van der Waals surface area contributed by atoms with E-state index in [9.17, 15) is 14.4 Å². The van der Waals surface area contributed by atoms with Crippen LogP contribution in [0.25, 0.3) is 11.1 Å². The van der Waals surface area contributed by atoms with Gasteiger partial charge in [-0.15, -0.1) is 0 Å². The third-order valence-electron chi connectivity index (χ3n) is 6.15. The SMILES string of the molecule is CCC[C@H](NC(=O)CCCCCCNC(=O)OCC1c2ccccc2-c2ccccc21)C(=O)O. The molecule has 0 aliphatic heterocycles. The zero-order chi connectivity index (χ0) is 24.3. The van der Waals surface area contributed by atoms with Crippen LogP contribution in [-0.4, -0.2) is 42.3 Å². The zero-order valence-corrected chi connectivity index (χ0v) is 19.7. The number of nitrogens with one attached hydrogen (secondary N) is 2. The second-order valence-electron chi connectivity index (χ2n) is 8.66. The molecule has 1 aliphatic rings. The molecular weight excluding hydrogens is 432 g/mol. The molecule has 0 saturated carbocycles. The first-order chi connectivity index (χ1) is 16.5. The summed E-state index contributed by atoms with van der Waals surface area (Å²) in [5, 5.41) is 14.5. The highest BCUT2D eigenvalue weighted by atomic mass is 16.5. The Morgan fingerprint density at radius 1 is 0.941 bits per heavy atom. The van der Waals surface area contributed by atoms with Gasteiger partial charge in [-0.3, -0.25) is 4.79 Å². The van der Waals surface area contributed by atoms with Crippen molar-refractivity contribution in [3.8, 4) is 11.1 Å². The van der Waals surface area contributed by atoms with Gasteiger partial charge < -0.3 is 20.5 Å². The van der Waals surface area contributed by atoms with Gasteiger partial charge in [-0.05, 0) is 41.5 Å². The quantitative estimate of drug-likeness (QED) is 0.366. The molecule has 7 nitrogen and oxygen atoms in total. The van der Waals surface area contributed by atoms with Gasteiger partial charge in [0.2, 0.25) is 5.91 Å². The van der Waals surface area contributed by atoms with Crippen LogP contribution in [0, 0.1) is 0 Å². The Bertz CT molecular complexity index is 945. The summed E-state index contributed by atoms with van der Waals surface area (Å²) in [6, 6.07) is 15.7. The summed E-state index contributed by atoms with van der Waals surface area (Å²) >= 11 is 0. The van der Waals surface area contributed by atoms with Crippen LogP contribution in [0.4, 0.5) is 4.79 Å². The first kappa shape index (κ1) is 25.3. The summed E-state index contributed by atoms with van der Waals surface area (Å²) < 4.78 is 5.52. The van der Waals surface area contributed by atoms with E-state index in [0.717, 1.165) is 19.3 Å².